The predicted molar refractivity (Wildman–Crippen MR) is 181 cm³/mol. The predicted octanol–water partition coefficient (Wildman–Crippen LogP) is 5.19. The lowest BCUT2D eigenvalue weighted by molar-refractivity contribution is -0.173. The van der Waals surface area contributed by atoms with E-state index in [2.05, 4.69) is 16.7 Å². The van der Waals surface area contributed by atoms with Crippen LogP contribution in [0.5, 0.6) is 0 Å². The lowest BCUT2D eigenvalue weighted by atomic mass is 9.89. The van der Waals surface area contributed by atoms with Crippen LogP contribution in [0.4, 0.5) is 13.2 Å². The maximum absolute atomic E-state index is 15.6. The van der Waals surface area contributed by atoms with Crippen molar-refractivity contribution in [2.75, 3.05) is 26.4 Å². The number of nitriles is 1. The highest BCUT2D eigenvalue weighted by molar-refractivity contribution is 8.00. The Kier molecular flexibility index (Phi) is 14.7. The van der Waals surface area contributed by atoms with Gasteiger partial charge in [-0.25, -0.2) is 27.6 Å². The van der Waals surface area contributed by atoms with E-state index in [-0.39, 0.29) is 55.6 Å². The van der Waals surface area contributed by atoms with Gasteiger partial charge in [0.25, 0.3) is 0 Å². The molecule has 1 fully saturated rings. The summed E-state index contributed by atoms with van der Waals surface area (Å²) in [6, 6.07) is 8.88. The van der Waals surface area contributed by atoms with E-state index in [0.717, 1.165) is 12.1 Å². The summed E-state index contributed by atoms with van der Waals surface area (Å²) in [4.78, 5) is 41.2. The minimum Gasteiger partial charge on any atom is -0.461 e. The van der Waals surface area contributed by atoms with Crippen molar-refractivity contribution in [2.24, 2.45) is 0 Å². The third-order valence-electron chi connectivity index (χ3n) is 7.52. The van der Waals surface area contributed by atoms with Gasteiger partial charge in [-0.05, 0) is 37.3 Å². The molecule has 1 aliphatic rings. The zero-order valence-corrected chi connectivity index (χ0v) is 28.8. The van der Waals surface area contributed by atoms with Gasteiger partial charge >= 0.3 is 17.9 Å². The first-order chi connectivity index (χ1) is 25.0. The van der Waals surface area contributed by atoms with Crippen molar-refractivity contribution in [3.05, 3.63) is 114 Å². The first-order valence-corrected chi connectivity index (χ1v) is 16.8. The number of ether oxygens (including phenoxy) is 5. The molecule has 2 atom stereocenters. The molecule has 0 radical (unpaired) electrons. The first kappa shape index (κ1) is 39.5. The second kappa shape index (κ2) is 19.4. The van der Waals surface area contributed by atoms with Crippen molar-refractivity contribution in [3.8, 4) is 6.07 Å². The van der Waals surface area contributed by atoms with Crippen LogP contribution in [0, 0.1) is 28.8 Å². The number of rotatable bonds is 17. The number of aromatic nitrogens is 3. The highest BCUT2D eigenvalue weighted by Gasteiger charge is 2.47. The van der Waals surface area contributed by atoms with Crippen LogP contribution in [0.2, 0.25) is 0 Å². The lowest BCUT2D eigenvalue weighted by Gasteiger charge is -2.40. The van der Waals surface area contributed by atoms with Crippen LogP contribution in [0.25, 0.3) is 6.08 Å². The molecule has 1 aliphatic heterocycles. The van der Waals surface area contributed by atoms with E-state index in [0.29, 0.717) is 11.6 Å². The molecule has 3 aromatic rings. The summed E-state index contributed by atoms with van der Waals surface area (Å²) in [6.07, 6.45) is 8.94. The molecule has 1 aromatic heterocycles. The van der Waals surface area contributed by atoms with E-state index in [1.54, 1.807) is 25.2 Å². The van der Waals surface area contributed by atoms with Gasteiger partial charge in [0.2, 0.25) is 0 Å². The van der Waals surface area contributed by atoms with Crippen LogP contribution in [-0.4, -0.2) is 75.9 Å². The number of halogens is 3. The maximum Gasteiger partial charge on any atom is 0.345 e. The average molecular weight is 741 g/mol. The Balaban J connectivity index is 1.46. The van der Waals surface area contributed by atoms with Crippen molar-refractivity contribution in [3.63, 3.8) is 0 Å². The van der Waals surface area contributed by atoms with E-state index >= 15 is 4.39 Å². The number of hydrogen-bond donors (Lipinski definition) is 0. The van der Waals surface area contributed by atoms with Crippen molar-refractivity contribution >= 4 is 35.7 Å². The maximum atomic E-state index is 15.6. The average Bonchev–Trinajstić information content (AvgIpc) is 3.64. The number of allylic oxidation sites excluding steroid dienone is 2. The summed E-state index contributed by atoms with van der Waals surface area (Å²) in [5.41, 5.74) is -1.51. The first-order valence-electron chi connectivity index (χ1n) is 15.9. The van der Waals surface area contributed by atoms with E-state index < -0.39 is 59.1 Å². The molecule has 0 saturated carbocycles. The summed E-state index contributed by atoms with van der Waals surface area (Å²) in [5.74, 6) is -4.96. The zero-order chi connectivity index (χ0) is 37.5. The van der Waals surface area contributed by atoms with Crippen molar-refractivity contribution in [1.82, 2.24) is 14.8 Å². The fraction of sp³-hybridized carbons (Fsp3) is 0.333. The SMILES string of the molecule is C=CCOC(=O)CCC(=O)OCC(=O)O[C@@](Cn1cncn1)(c1ccc(F)cc1F)[C@@H](C)S[C@H]1CO[C@H](C=CC=Cc2ccc(C#N)cc2F)OC1. The summed E-state index contributed by atoms with van der Waals surface area (Å²) < 4.78 is 72.6. The number of thioether (sulfide) groups is 1. The van der Waals surface area contributed by atoms with E-state index in [4.69, 9.17) is 28.9 Å². The topological polar surface area (TPSA) is 152 Å². The normalized spacial score (nSPS) is 17.6. The van der Waals surface area contributed by atoms with Crippen LogP contribution in [0.3, 0.4) is 0 Å². The summed E-state index contributed by atoms with van der Waals surface area (Å²) in [5, 5.41) is 11.9. The van der Waals surface area contributed by atoms with Crippen LogP contribution in [0.15, 0.2) is 79.9 Å². The Bertz CT molecular complexity index is 1810. The molecule has 0 amide bonds. The zero-order valence-electron chi connectivity index (χ0n) is 28.0. The van der Waals surface area contributed by atoms with Gasteiger partial charge in [-0.1, -0.05) is 36.9 Å². The number of esters is 3. The number of carbonyl (C=O) groups is 3. The highest BCUT2D eigenvalue weighted by Crippen LogP contribution is 2.42. The quantitative estimate of drug-likeness (QED) is 0.0775. The molecule has 16 heteroatoms. The minimum absolute atomic E-state index is 0.0240. The number of carbonyl (C=O) groups excluding carboxylic acids is 3. The number of nitrogens with zero attached hydrogens (tertiary/aromatic N) is 4. The lowest BCUT2D eigenvalue weighted by Crippen LogP contribution is -2.47. The molecule has 0 spiro atoms. The fourth-order valence-electron chi connectivity index (χ4n) is 5.00. The molecule has 1 saturated heterocycles. The van der Waals surface area contributed by atoms with Gasteiger partial charge in [-0.15, -0.1) is 11.8 Å². The van der Waals surface area contributed by atoms with Crippen LogP contribution in [0.1, 0.15) is 36.5 Å². The van der Waals surface area contributed by atoms with Crippen LogP contribution >= 0.6 is 11.8 Å². The van der Waals surface area contributed by atoms with Gasteiger partial charge in [0, 0.05) is 22.4 Å². The molecular formula is C36H35F3N4O8S. The monoisotopic (exact) mass is 740 g/mol. The Morgan fingerprint density at radius 3 is 2.48 bits per heavy atom. The fourth-order valence-corrected chi connectivity index (χ4v) is 6.36. The Morgan fingerprint density at radius 2 is 1.83 bits per heavy atom. The van der Waals surface area contributed by atoms with E-state index in [1.165, 1.54) is 59.4 Å². The highest BCUT2D eigenvalue weighted by atomic mass is 32.2. The van der Waals surface area contributed by atoms with E-state index in [1.807, 2.05) is 6.07 Å². The molecule has 0 N–H and O–H groups in total. The largest absolute Gasteiger partial charge is 0.461 e. The standard InChI is InChI=1S/C36H35F3N4O8S/c1-3-14-47-32(44)12-13-33(45)48-20-34(46)51-36(21-43-23-41-22-42-43,29-11-10-27(37)16-31(29)39)24(2)52-28-18-49-35(50-19-28)7-5-4-6-26-9-8-25(17-40)15-30(26)38/h3-11,15-16,22-24,28,35H,1,12-14,18-21H2,2H3/t24-,28-,35-,36-/m1/s1. The summed E-state index contributed by atoms with van der Waals surface area (Å²) in [7, 11) is 0. The van der Waals surface area contributed by atoms with E-state index in [9.17, 15) is 23.2 Å². The Hall–Kier alpha value is -5.24. The van der Waals surface area contributed by atoms with Gasteiger partial charge in [-0.2, -0.15) is 10.4 Å². The van der Waals surface area contributed by atoms with Crippen molar-refractivity contribution in [1.29, 1.82) is 5.26 Å². The van der Waals surface area contributed by atoms with Crippen LogP contribution < -0.4 is 0 Å². The summed E-state index contributed by atoms with van der Waals surface area (Å²) in [6.45, 7) is 4.30. The molecule has 0 unspecified atom stereocenters. The third-order valence-corrected chi connectivity index (χ3v) is 8.97. The number of hydrogen-bond acceptors (Lipinski definition) is 12. The molecule has 52 heavy (non-hydrogen) atoms. The van der Waals surface area contributed by atoms with Gasteiger partial charge in [0.15, 0.2) is 18.5 Å². The molecule has 274 valence electrons. The van der Waals surface area contributed by atoms with Gasteiger partial charge < -0.3 is 23.7 Å². The molecule has 4 rings (SSSR count). The molecule has 2 aromatic carbocycles. The Morgan fingerprint density at radius 1 is 1.08 bits per heavy atom. The second-order valence-corrected chi connectivity index (χ2v) is 12.9. The van der Waals surface area contributed by atoms with Crippen LogP contribution in [-0.2, 0) is 50.2 Å². The van der Waals surface area contributed by atoms with Gasteiger partial charge in [0.1, 0.15) is 36.7 Å². The molecule has 0 bridgehead atoms. The minimum atomic E-state index is -1.85. The Labute approximate surface area is 301 Å². The van der Waals surface area contributed by atoms with Gasteiger partial charge in [0.05, 0.1) is 49.5 Å². The molecular weight excluding hydrogens is 705 g/mol. The molecule has 2 heterocycles. The molecule has 0 aliphatic carbocycles. The molecule has 12 nitrogen and oxygen atoms in total. The third kappa shape index (κ3) is 11.4. The smallest absolute Gasteiger partial charge is 0.345 e. The summed E-state index contributed by atoms with van der Waals surface area (Å²) >= 11 is 1.26. The second-order valence-electron chi connectivity index (χ2n) is 11.2. The van der Waals surface area contributed by atoms with Crippen molar-refractivity contribution in [2.45, 2.75) is 48.7 Å². The van der Waals surface area contributed by atoms with Crippen molar-refractivity contribution < 1.29 is 51.2 Å². The van der Waals surface area contributed by atoms with Gasteiger partial charge in [-0.3, -0.25) is 9.59 Å². The number of benzene rings is 2.